The van der Waals surface area contributed by atoms with Crippen molar-refractivity contribution in [3.8, 4) is 22.3 Å². The maximum Gasteiger partial charge on any atom is 0.103 e. The van der Waals surface area contributed by atoms with Crippen molar-refractivity contribution in [3.05, 3.63) is 188 Å². The van der Waals surface area contributed by atoms with E-state index < -0.39 is 0 Å². The molecule has 3 heteroatoms. The van der Waals surface area contributed by atoms with Crippen LogP contribution in [0.25, 0.3) is 43.8 Å². The first kappa shape index (κ1) is 28.5. The number of nitrogens with one attached hydrogen (secondary N) is 1. The van der Waals surface area contributed by atoms with Gasteiger partial charge in [0.1, 0.15) is 5.37 Å². The molecule has 228 valence electrons. The van der Waals surface area contributed by atoms with Crippen molar-refractivity contribution in [2.24, 2.45) is 0 Å². The predicted octanol–water partition coefficient (Wildman–Crippen LogP) is 13.0. The van der Waals surface area contributed by atoms with Crippen molar-refractivity contribution < 1.29 is 0 Å². The number of rotatable bonds is 6. The summed E-state index contributed by atoms with van der Waals surface area (Å²) in [6.45, 7) is 0. The molecule has 8 aromatic carbocycles. The fourth-order valence-corrected chi connectivity index (χ4v) is 8.22. The van der Waals surface area contributed by atoms with Gasteiger partial charge in [0, 0.05) is 27.3 Å². The first-order valence-electron chi connectivity index (χ1n) is 16.4. The Morgan fingerprint density at radius 3 is 1.44 bits per heavy atom. The number of anilines is 4. The summed E-state index contributed by atoms with van der Waals surface area (Å²) in [6, 6.07) is 65.6. The molecule has 1 unspecified atom stereocenters. The van der Waals surface area contributed by atoms with Gasteiger partial charge in [0.15, 0.2) is 0 Å². The van der Waals surface area contributed by atoms with Crippen molar-refractivity contribution in [3.63, 3.8) is 0 Å². The molecule has 0 spiro atoms. The first-order chi connectivity index (χ1) is 23.8. The van der Waals surface area contributed by atoms with E-state index in [-0.39, 0.29) is 5.37 Å². The van der Waals surface area contributed by atoms with Gasteiger partial charge >= 0.3 is 0 Å². The molecule has 0 saturated heterocycles. The molecule has 1 aliphatic rings. The Morgan fingerprint density at radius 2 is 0.854 bits per heavy atom. The smallest absolute Gasteiger partial charge is 0.103 e. The Morgan fingerprint density at radius 1 is 0.396 bits per heavy atom. The lowest BCUT2D eigenvalue weighted by Crippen LogP contribution is -2.10. The number of hydrogen-bond donors (Lipinski definition) is 1. The summed E-state index contributed by atoms with van der Waals surface area (Å²) in [5.74, 6) is 0. The molecule has 2 nitrogen and oxygen atoms in total. The number of fused-ring (bicyclic) bond motifs is 6. The third kappa shape index (κ3) is 5.10. The van der Waals surface area contributed by atoms with Gasteiger partial charge in [0.2, 0.25) is 0 Å². The number of thioether (sulfide) groups is 1. The van der Waals surface area contributed by atoms with Gasteiger partial charge in [-0.05, 0) is 80.4 Å². The van der Waals surface area contributed by atoms with E-state index in [2.05, 4.69) is 192 Å². The Bertz CT molecular complexity index is 2290. The van der Waals surface area contributed by atoms with Gasteiger partial charge in [0.25, 0.3) is 0 Å². The van der Waals surface area contributed by atoms with Crippen molar-refractivity contribution in [2.75, 3.05) is 10.2 Å². The Balaban J connectivity index is 1.20. The molecule has 1 heterocycles. The second-order valence-electron chi connectivity index (χ2n) is 12.2. The summed E-state index contributed by atoms with van der Waals surface area (Å²) >= 11 is 1.91. The van der Waals surface area contributed by atoms with E-state index in [4.69, 9.17) is 0 Å². The standard InChI is InChI=1S/C45H32N2S/c1-4-12-31(13-5-1)33-20-24-36(25-21-33)47(37-26-22-34(23-27-37)32-14-6-2-7-15-32)38-28-29-40-39-18-10-11-19-41(39)44-43(42(40)30-38)46-45(48-44)35-16-8-3-9-17-35/h1-30,45-46H. The highest BCUT2D eigenvalue weighted by Crippen LogP contribution is 2.54. The largest absolute Gasteiger partial charge is 0.368 e. The van der Waals surface area contributed by atoms with Gasteiger partial charge in [0.05, 0.1) is 5.69 Å². The van der Waals surface area contributed by atoms with Crippen LogP contribution in [0.2, 0.25) is 0 Å². The molecule has 1 N–H and O–H groups in total. The van der Waals surface area contributed by atoms with Crippen LogP contribution in [-0.2, 0) is 0 Å². The minimum atomic E-state index is 0.158. The molecule has 48 heavy (non-hydrogen) atoms. The monoisotopic (exact) mass is 632 g/mol. The van der Waals surface area contributed by atoms with Crippen LogP contribution in [-0.4, -0.2) is 0 Å². The molecular formula is C45H32N2S. The van der Waals surface area contributed by atoms with Crippen LogP contribution in [0.1, 0.15) is 10.9 Å². The third-order valence-corrected chi connectivity index (χ3v) is 10.6. The van der Waals surface area contributed by atoms with E-state index in [1.807, 2.05) is 11.8 Å². The molecule has 0 radical (unpaired) electrons. The van der Waals surface area contributed by atoms with E-state index in [1.54, 1.807) is 0 Å². The summed E-state index contributed by atoms with van der Waals surface area (Å²) in [6.07, 6.45) is 0. The highest BCUT2D eigenvalue weighted by atomic mass is 32.2. The van der Waals surface area contributed by atoms with Gasteiger partial charge in [-0.15, -0.1) is 0 Å². The quantitative estimate of drug-likeness (QED) is 0.184. The van der Waals surface area contributed by atoms with Crippen LogP contribution >= 0.6 is 11.8 Å². The number of nitrogens with zero attached hydrogens (tertiary/aromatic N) is 1. The van der Waals surface area contributed by atoms with Crippen LogP contribution in [0.5, 0.6) is 0 Å². The third-order valence-electron chi connectivity index (χ3n) is 9.30. The molecule has 0 amide bonds. The normalized spacial score (nSPS) is 13.7. The topological polar surface area (TPSA) is 15.3 Å². The molecule has 9 rings (SSSR count). The molecule has 0 aromatic heterocycles. The lowest BCUT2D eigenvalue weighted by atomic mass is 9.98. The average molecular weight is 633 g/mol. The van der Waals surface area contributed by atoms with Crippen LogP contribution in [0.15, 0.2) is 187 Å². The van der Waals surface area contributed by atoms with Gasteiger partial charge in [-0.3, -0.25) is 0 Å². The number of benzene rings is 8. The summed E-state index contributed by atoms with van der Waals surface area (Å²) in [5.41, 5.74) is 10.7. The lowest BCUT2D eigenvalue weighted by molar-refractivity contribution is 1.14. The fraction of sp³-hybridized carbons (Fsp3) is 0.0222. The zero-order chi connectivity index (χ0) is 31.9. The Labute approximate surface area is 285 Å². The maximum absolute atomic E-state index is 3.93. The summed E-state index contributed by atoms with van der Waals surface area (Å²) in [4.78, 5) is 3.69. The molecular weight excluding hydrogens is 601 g/mol. The highest BCUT2D eigenvalue weighted by molar-refractivity contribution is 8.00. The van der Waals surface area contributed by atoms with Gasteiger partial charge < -0.3 is 10.2 Å². The maximum atomic E-state index is 3.93. The molecule has 1 aliphatic heterocycles. The van der Waals surface area contributed by atoms with E-state index >= 15 is 0 Å². The lowest BCUT2D eigenvalue weighted by Gasteiger charge is -2.27. The van der Waals surface area contributed by atoms with Crippen LogP contribution < -0.4 is 10.2 Å². The molecule has 0 bridgehead atoms. The fourth-order valence-electron chi connectivity index (χ4n) is 6.92. The molecule has 0 aliphatic carbocycles. The van der Waals surface area contributed by atoms with Crippen LogP contribution in [0.3, 0.4) is 0 Å². The van der Waals surface area contributed by atoms with E-state index in [1.165, 1.54) is 59.9 Å². The van der Waals surface area contributed by atoms with Crippen molar-refractivity contribution in [1.29, 1.82) is 0 Å². The number of hydrogen-bond acceptors (Lipinski definition) is 3. The van der Waals surface area contributed by atoms with Crippen molar-refractivity contribution >= 4 is 56.1 Å². The Hall–Kier alpha value is -5.77. The summed E-state index contributed by atoms with van der Waals surface area (Å²) < 4.78 is 0. The minimum Gasteiger partial charge on any atom is -0.368 e. The second kappa shape index (κ2) is 12.1. The summed E-state index contributed by atoms with van der Waals surface area (Å²) in [7, 11) is 0. The van der Waals surface area contributed by atoms with E-state index in [0.29, 0.717) is 0 Å². The zero-order valence-electron chi connectivity index (χ0n) is 26.3. The molecule has 1 atom stereocenters. The van der Waals surface area contributed by atoms with E-state index in [9.17, 15) is 0 Å². The van der Waals surface area contributed by atoms with Gasteiger partial charge in [-0.25, -0.2) is 0 Å². The van der Waals surface area contributed by atoms with E-state index in [0.717, 1.165) is 17.1 Å². The average Bonchev–Trinajstić information content (AvgIpc) is 3.63. The molecule has 0 fully saturated rings. The second-order valence-corrected chi connectivity index (χ2v) is 13.3. The molecule has 8 aromatic rings. The molecule has 0 saturated carbocycles. The van der Waals surface area contributed by atoms with Gasteiger partial charge in [-0.1, -0.05) is 157 Å². The van der Waals surface area contributed by atoms with Gasteiger partial charge in [-0.2, -0.15) is 0 Å². The van der Waals surface area contributed by atoms with Crippen molar-refractivity contribution in [2.45, 2.75) is 10.3 Å². The van der Waals surface area contributed by atoms with Crippen LogP contribution in [0, 0.1) is 0 Å². The SMILES string of the molecule is c1ccc(-c2ccc(N(c3ccc(-c4ccccc4)cc3)c3ccc4c(c3)c3c(c5ccccc54)SC(c4ccccc4)N3)cc2)cc1. The highest BCUT2D eigenvalue weighted by Gasteiger charge is 2.28. The first-order valence-corrected chi connectivity index (χ1v) is 17.3. The van der Waals surface area contributed by atoms with Crippen LogP contribution in [0.4, 0.5) is 22.7 Å². The minimum absolute atomic E-state index is 0.158. The summed E-state index contributed by atoms with van der Waals surface area (Å²) in [5, 5.41) is 9.16. The zero-order valence-corrected chi connectivity index (χ0v) is 27.1. The Kier molecular flexibility index (Phi) is 7.18. The van der Waals surface area contributed by atoms with Crippen molar-refractivity contribution in [1.82, 2.24) is 0 Å². The predicted molar refractivity (Wildman–Crippen MR) is 206 cm³/mol.